The molecule has 9 heteroatoms. The van der Waals surface area contributed by atoms with Crippen molar-refractivity contribution in [3.05, 3.63) is 29.8 Å². The average molecular weight is 365 g/mol. The third-order valence-corrected chi connectivity index (χ3v) is 6.23. The lowest BCUT2D eigenvalue weighted by Crippen LogP contribution is -2.04. The van der Waals surface area contributed by atoms with Crippen LogP contribution in [0.4, 0.5) is 24.0 Å². The van der Waals surface area contributed by atoms with Crippen molar-refractivity contribution in [1.29, 1.82) is 0 Å². The smallest absolute Gasteiger partial charge is 0.330 e. The second-order valence-corrected chi connectivity index (χ2v) is 8.40. The van der Waals surface area contributed by atoms with Gasteiger partial charge in [-0.1, -0.05) is 36.0 Å². The number of anilines is 2. The van der Waals surface area contributed by atoms with Gasteiger partial charge in [0.1, 0.15) is 0 Å². The zero-order valence-electron chi connectivity index (χ0n) is 11.8. The maximum atomic E-state index is 12.5. The number of nitrogens with one attached hydrogen (secondary N) is 1. The van der Waals surface area contributed by atoms with Crippen molar-refractivity contribution in [3.63, 3.8) is 0 Å². The Hall–Kier alpha value is -0.930. The van der Waals surface area contributed by atoms with E-state index in [9.17, 15) is 13.2 Å². The molecule has 1 N–H and O–H groups in total. The first-order valence-corrected chi connectivity index (χ1v) is 9.55. The largest absolute Gasteiger partial charge is 0.416 e. The van der Waals surface area contributed by atoms with Crippen molar-refractivity contribution >= 4 is 43.7 Å². The molecule has 0 aliphatic carbocycles. The van der Waals surface area contributed by atoms with E-state index in [1.165, 1.54) is 23.5 Å². The fourth-order valence-corrected chi connectivity index (χ4v) is 4.93. The SMILES string of the molecule is CC(C)CSSc1nnc(Nc2ccc(C(F)(F)F)cc2)s1. The van der Waals surface area contributed by atoms with Crippen molar-refractivity contribution in [2.45, 2.75) is 24.4 Å². The molecule has 0 spiro atoms. The molecule has 3 nitrogen and oxygen atoms in total. The van der Waals surface area contributed by atoms with Crippen LogP contribution >= 0.6 is 32.9 Å². The number of hydrogen-bond donors (Lipinski definition) is 1. The molecule has 0 fully saturated rings. The van der Waals surface area contributed by atoms with Crippen LogP contribution in [0, 0.1) is 5.92 Å². The van der Waals surface area contributed by atoms with E-state index in [0.717, 1.165) is 22.2 Å². The van der Waals surface area contributed by atoms with Gasteiger partial charge in [0.15, 0.2) is 4.34 Å². The van der Waals surface area contributed by atoms with E-state index in [4.69, 9.17) is 0 Å². The van der Waals surface area contributed by atoms with E-state index in [2.05, 4.69) is 29.4 Å². The maximum Gasteiger partial charge on any atom is 0.416 e. The summed E-state index contributed by atoms with van der Waals surface area (Å²) in [5.41, 5.74) is -0.118. The molecule has 1 aromatic carbocycles. The predicted octanol–water partition coefficient (Wildman–Crippen LogP) is 5.70. The Morgan fingerprint density at radius 3 is 2.45 bits per heavy atom. The first kappa shape index (κ1) is 17.4. The lowest BCUT2D eigenvalue weighted by molar-refractivity contribution is -0.137. The van der Waals surface area contributed by atoms with E-state index in [1.807, 2.05) is 0 Å². The number of aromatic nitrogens is 2. The first-order valence-electron chi connectivity index (χ1n) is 6.42. The molecule has 0 radical (unpaired) electrons. The van der Waals surface area contributed by atoms with Crippen LogP contribution < -0.4 is 5.32 Å². The topological polar surface area (TPSA) is 37.8 Å². The van der Waals surface area contributed by atoms with Gasteiger partial charge in [-0.25, -0.2) is 0 Å². The van der Waals surface area contributed by atoms with Gasteiger partial charge in [-0.05, 0) is 41.0 Å². The summed E-state index contributed by atoms with van der Waals surface area (Å²) < 4.78 is 38.3. The summed E-state index contributed by atoms with van der Waals surface area (Å²) >= 11 is 1.38. The molecule has 1 aromatic heterocycles. The highest BCUT2D eigenvalue weighted by molar-refractivity contribution is 8.77. The van der Waals surface area contributed by atoms with Crippen LogP contribution in [0.25, 0.3) is 0 Å². The highest BCUT2D eigenvalue weighted by Gasteiger charge is 2.29. The molecule has 22 heavy (non-hydrogen) atoms. The van der Waals surface area contributed by atoms with Gasteiger partial charge in [-0.3, -0.25) is 0 Å². The molecule has 0 aliphatic rings. The summed E-state index contributed by atoms with van der Waals surface area (Å²) in [4.78, 5) is 0. The molecule has 0 atom stereocenters. The molecule has 0 amide bonds. The van der Waals surface area contributed by atoms with Gasteiger partial charge < -0.3 is 5.32 Å². The minimum absolute atomic E-state index is 0.551. The van der Waals surface area contributed by atoms with Crippen molar-refractivity contribution in [3.8, 4) is 0 Å². The molecule has 2 aromatic rings. The van der Waals surface area contributed by atoms with Crippen LogP contribution in [0.15, 0.2) is 28.6 Å². The molecule has 1 heterocycles. The first-order chi connectivity index (χ1) is 10.3. The Labute approximate surface area is 138 Å². The van der Waals surface area contributed by atoms with Crippen LogP contribution in [-0.4, -0.2) is 16.0 Å². The number of rotatable bonds is 6. The Morgan fingerprint density at radius 1 is 1.18 bits per heavy atom. The summed E-state index contributed by atoms with van der Waals surface area (Å²) in [5, 5.41) is 11.5. The Balaban J connectivity index is 1.92. The normalized spacial score (nSPS) is 11.9. The van der Waals surface area contributed by atoms with E-state index >= 15 is 0 Å². The summed E-state index contributed by atoms with van der Waals surface area (Å²) in [6.45, 7) is 4.29. The molecule has 0 unspecified atom stereocenters. The summed E-state index contributed by atoms with van der Waals surface area (Å²) in [5.74, 6) is 1.63. The number of alkyl halides is 3. The number of benzene rings is 1. The van der Waals surface area contributed by atoms with Gasteiger partial charge in [0.2, 0.25) is 5.13 Å². The molecule has 0 saturated carbocycles. The van der Waals surface area contributed by atoms with Crippen LogP contribution in [0.2, 0.25) is 0 Å². The number of hydrogen-bond acceptors (Lipinski definition) is 6. The van der Waals surface area contributed by atoms with Crippen LogP contribution in [0.1, 0.15) is 19.4 Å². The standard InChI is InChI=1S/C13H14F3N3S3/c1-8(2)7-20-22-12-19-18-11(21-12)17-10-5-3-9(4-6-10)13(14,15)16/h3-6,8H,7H2,1-2H3,(H,17,18). The lowest BCUT2D eigenvalue weighted by Gasteiger charge is -2.07. The van der Waals surface area contributed by atoms with Crippen LogP contribution in [0.3, 0.4) is 0 Å². The zero-order valence-corrected chi connectivity index (χ0v) is 14.3. The Bertz CT molecular complexity index is 597. The Morgan fingerprint density at radius 2 is 1.86 bits per heavy atom. The molecular formula is C13H14F3N3S3. The zero-order chi connectivity index (χ0) is 16.2. The molecule has 0 saturated heterocycles. The van der Waals surface area contributed by atoms with Gasteiger partial charge in [-0.15, -0.1) is 10.2 Å². The average Bonchev–Trinajstić information content (AvgIpc) is 2.85. The van der Waals surface area contributed by atoms with Crippen molar-refractivity contribution < 1.29 is 13.2 Å². The third kappa shape index (κ3) is 5.36. The molecule has 120 valence electrons. The van der Waals surface area contributed by atoms with Crippen LogP contribution in [-0.2, 0) is 6.18 Å². The highest BCUT2D eigenvalue weighted by atomic mass is 33.1. The summed E-state index contributed by atoms with van der Waals surface area (Å²) in [6.07, 6.45) is -4.32. The van der Waals surface area contributed by atoms with Gasteiger partial charge in [-0.2, -0.15) is 13.2 Å². The van der Waals surface area contributed by atoms with E-state index in [0.29, 0.717) is 16.7 Å². The molecule has 0 aliphatic heterocycles. The Kier molecular flexibility index (Phi) is 5.99. The van der Waals surface area contributed by atoms with Gasteiger partial charge in [0.05, 0.1) is 5.56 Å². The van der Waals surface area contributed by atoms with Crippen LogP contribution in [0.5, 0.6) is 0 Å². The maximum absolute atomic E-state index is 12.5. The molecular weight excluding hydrogens is 351 g/mol. The minimum atomic E-state index is -4.32. The highest BCUT2D eigenvalue weighted by Crippen LogP contribution is 2.36. The number of halogens is 3. The van der Waals surface area contributed by atoms with Crippen molar-refractivity contribution in [2.24, 2.45) is 5.92 Å². The fraction of sp³-hybridized carbons (Fsp3) is 0.385. The third-order valence-electron chi connectivity index (χ3n) is 2.40. The lowest BCUT2D eigenvalue weighted by atomic mass is 10.2. The molecule has 2 rings (SSSR count). The summed E-state index contributed by atoms with van der Waals surface area (Å²) in [7, 11) is 3.27. The van der Waals surface area contributed by atoms with E-state index in [1.54, 1.807) is 21.6 Å². The fourth-order valence-electron chi connectivity index (χ4n) is 1.38. The second-order valence-electron chi connectivity index (χ2n) is 4.83. The minimum Gasteiger partial charge on any atom is -0.330 e. The van der Waals surface area contributed by atoms with Crippen molar-refractivity contribution in [1.82, 2.24) is 10.2 Å². The molecule has 0 bridgehead atoms. The monoisotopic (exact) mass is 365 g/mol. The summed E-state index contributed by atoms with van der Waals surface area (Å²) in [6, 6.07) is 4.84. The quantitative estimate of drug-likeness (QED) is 0.665. The van der Waals surface area contributed by atoms with Gasteiger partial charge in [0.25, 0.3) is 0 Å². The number of nitrogens with zero attached hydrogens (tertiary/aromatic N) is 2. The second kappa shape index (κ2) is 7.56. The van der Waals surface area contributed by atoms with Gasteiger partial charge in [0, 0.05) is 11.4 Å². The van der Waals surface area contributed by atoms with E-state index in [-0.39, 0.29) is 0 Å². The van der Waals surface area contributed by atoms with E-state index < -0.39 is 11.7 Å². The predicted molar refractivity (Wildman–Crippen MR) is 87.8 cm³/mol. The van der Waals surface area contributed by atoms with Gasteiger partial charge >= 0.3 is 6.18 Å². The van der Waals surface area contributed by atoms with Crippen molar-refractivity contribution in [2.75, 3.05) is 11.1 Å².